The first-order chi connectivity index (χ1) is 14.5. The highest BCUT2D eigenvalue weighted by Gasteiger charge is 2.19. The van der Waals surface area contributed by atoms with Crippen LogP contribution in [0.2, 0.25) is 0 Å². The lowest BCUT2D eigenvalue weighted by Crippen LogP contribution is -2.13. The van der Waals surface area contributed by atoms with Crippen molar-refractivity contribution in [3.05, 3.63) is 59.7 Å². The number of nitrogens with one attached hydrogen (secondary N) is 2. The first-order valence-corrected chi connectivity index (χ1v) is 9.92. The van der Waals surface area contributed by atoms with Gasteiger partial charge in [0.2, 0.25) is 5.91 Å². The molecular formula is C22H22FN5O2. The van der Waals surface area contributed by atoms with E-state index >= 15 is 0 Å². The Morgan fingerprint density at radius 3 is 2.50 bits per heavy atom. The SMILES string of the molecule is CC(=O)Nc1ccc(C(=O)Nc2ccc(F)c(-c3nnc4n3CCCCC4)c2)cc1. The van der Waals surface area contributed by atoms with E-state index in [2.05, 4.69) is 20.8 Å². The van der Waals surface area contributed by atoms with Crippen LogP contribution in [0.15, 0.2) is 42.5 Å². The molecule has 1 aliphatic rings. The summed E-state index contributed by atoms with van der Waals surface area (Å²) in [5.41, 5.74) is 1.81. The van der Waals surface area contributed by atoms with Crippen LogP contribution >= 0.6 is 0 Å². The number of anilines is 2. The number of rotatable bonds is 4. The third-order valence-corrected chi connectivity index (χ3v) is 5.04. The van der Waals surface area contributed by atoms with Gasteiger partial charge in [0.1, 0.15) is 11.6 Å². The first-order valence-electron chi connectivity index (χ1n) is 9.92. The number of aryl methyl sites for hydroxylation is 1. The molecule has 1 aromatic heterocycles. The smallest absolute Gasteiger partial charge is 0.255 e. The van der Waals surface area contributed by atoms with Crippen LogP contribution in [0.25, 0.3) is 11.4 Å². The van der Waals surface area contributed by atoms with Crippen molar-refractivity contribution in [3.63, 3.8) is 0 Å². The van der Waals surface area contributed by atoms with E-state index in [1.807, 2.05) is 4.57 Å². The van der Waals surface area contributed by atoms with Gasteiger partial charge in [-0.05, 0) is 55.3 Å². The van der Waals surface area contributed by atoms with Crippen LogP contribution in [0.5, 0.6) is 0 Å². The summed E-state index contributed by atoms with van der Waals surface area (Å²) in [6, 6.07) is 11.0. The van der Waals surface area contributed by atoms with Gasteiger partial charge in [-0.1, -0.05) is 6.42 Å². The summed E-state index contributed by atoms with van der Waals surface area (Å²) in [5.74, 6) is 0.433. The molecule has 0 atom stereocenters. The summed E-state index contributed by atoms with van der Waals surface area (Å²) in [5, 5.41) is 13.9. The molecule has 0 spiro atoms. The molecule has 2 N–H and O–H groups in total. The molecule has 2 aromatic carbocycles. The fraction of sp³-hybridized carbons (Fsp3) is 0.273. The number of carbonyl (C=O) groups excluding carboxylic acids is 2. The topological polar surface area (TPSA) is 88.9 Å². The highest BCUT2D eigenvalue weighted by molar-refractivity contribution is 6.04. The Morgan fingerprint density at radius 2 is 1.73 bits per heavy atom. The van der Waals surface area contributed by atoms with E-state index in [4.69, 9.17) is 0 Å². The fourth-order valence-electron chi connectivity index (χ4n) is 3.57. The second-order valence-corrected chi connectivity index (χ2v) is 7.31. The van der Waals surface area contributed by atoms with Crippen LogP contribution in [0.3, 0.4) is 0 Å². The molecule has 30 heavy (non-hydrogen) atoms. The monoisotopic (exact) mass is 407 g/mol. The molecule has 4 rings (SSSR count). The minimum absolute atomic E-state index is 0.183. The lowest BCUT2D eigenvalue weighted by atomic mass is 10.1. The molecule has 0 unspecified atom stereocenters. The minimum Gasteiger partial charge on any atom is -0.326 e. The number of hydrogen-bond acceptors (Lipinski definition) is 4. The minimum atomic E-state index is -0.410. The van der Waals surface area contributed by atoms with Crippen molar-refractivity contribution in [2.45, 2.75) is 39.2 Å². The van der Waals surface area contributed by atoms with Gasteiger partial charge in [0, 0.05) is 36.8 Å². The van der Waals surface area contributed by atoms with Gasteiger partial charge in [0.05, 0.1) is 5.56 Å². The lowest BCUT2D eigenvalue weighted by molar-refractivity contribution is -0.114. The van der Waals surface area contributed by atoms with Crippen molar-refractivity contribution in [1.29, 1.82) is 0 Å². The Bertz CT molecular complexity index is 1090. The number of carbonyl (C=O) groups is 2. The summed E-state index contributed by atoms with van der Waals surface area (Å²) in [6.45, 7) is 2.18. The van der Waals surface area contributed by atoms with E-state index in [9.17, 15) is 14.0 Å². The molecule has 3 aromatic rings. The van der Waals surface area contributed by atoms with Crippen molar-refractivity contribution < 1.29 is 14.0 Å². The van der Waals surface area contributed by atoms with Gasteiger partial charge in [-0.15, -0.1) is 10.2 Å². The molecule has 1 aliphatic heterocycles. The standard InChI is InChI=1S/C22H22FN5O2/c1-14(29)24-16-8-6-15(7-9-16)22(30)25-17-10-11-19(23)18(13-17)21-27-26-20-5-3-2-4-12-28(20)21/h6-11,13H,2-5,12H2,1H3,(H,24,29)(H,25,30). The normalized spacial score (nSPS) is 13.3. The Hall–Kier alpha value is -3.55. The molecule has 0 radical (unpaired) electrons. The van der Waals surface area contributed by atoms with Gasteiger partial charge in [0.15, 0.2) is 5.82 Å². The van der Waals surface area contributed by atoms with E-state index in [1.54, 1.807) is 30.3 Å². The predicted molar refractivity (Wildman–Crippen MR) is 112 cm³/mol. The molecule has 154 valence electrons. The lowest BCUT2D eigenvalue weighted by Gasteiger charge is -2.11. The van der Waals surface area contributed by atoms with Crippen LogP contribution in [0.4, 0.5) is 15.8 Å². The highest BCUT2D eigenvalue weighted by Crippen LogP contribution is 2.27. The quantitative estimate of drug-likeness (QED) is 0.684. The predicted octanol–water partition coefficient (Wildman–Crippen LogP) is 4.02. The maximum atomic E-state index is 14.6. The summed E-state index contributed by atoms with van der Waals surface area (Å²) in [6.07, 6.45) is 4.00. The zero-order valence-electron chi connectivity index (χ0n) is 16.6. The second kappa shape index (κ2) is 8.44. The zero-order valence-corrected chi connectivity index (χ0v) is 16.6. The number of nitrogens with zero attached hydrogens (tertiary/aromatic N) is 3. The van der Waals surface area contributed by atoms with Crippen molar-refractivity contribution in [1.82, 2.24) is 14.8 Å². The average molecular weight is 407 g/mol. The van der Waals surface area contributed by atoms with E-state index in [-0.39, 0.29) is 11.8 Å². The highest BCUT2D eigenvalue weighted by atomic mass is 19.1. The number of hydrogen-bond donors (Lipinski definition) is 2. The van der Waals surface area contributed by atoms with Gasteiger partial charge in [-0.3, -0.25) is 9.59 Å². The Kier molecular flexibility index (Phi) is 5.56. The number of aromatic nitrogens is 3. The van der Waals surface area contributed by atoms with Gasteiger partial charge in [-0.2, -0.15) is 0 Å². The molecule has 0 bridgehead atoms. The van der Waals surface area contributed by atoms with Gasteiger partial charge in [0.25, 0.3) is 5.91 Å². The summed E-state index contributed by atoms with van der Waals surface area (Å²) in [4.78, 5) is 23.7. The van der Waals surface area contributed by atoms with E-state index < -0.39 is 5.82 Å². The molecule has 0 fully saturated rings. The van der Waals surface area contributed by atoms with Crippen molar-refractivity contribution in [3.8, 4) is 11.4 Å². The Morgan fingerprint density at radius 1 is 0.967 bits per heavy atom. The number of amides is 2. The third-order valence-electron chi connectivity index (χ3n) is 5.04. The van der Waals surface area contributed by atoms with Gasteiger partial charge >= 0.3 is 0 Å². The molecule has 0 saturated heterocycles. The van der Waals surface area contributed by atoms with E-state index in [0.717, 1.165) is 38.1 Å². The number of halogens is 1. The van der Waals surface area contributed by atoms with Gasteiger partial charge in [-0.25, -0.2) is 4.39 Å². The molecule has 2 amide bonds. The molecule has 8 heteroatoms. The summed E-state index contributed by atoms with van der Waals surface area (Å²) >= 11 is 0. The second-order valence-electron chi connectivity index (χ2n) is 7.31. The van der Waals surface area contributed by atoms with Gasteiger partial charge < -0.3 is 15.2 Å². The Labute approximate surface area is 173 Å². The first kappa shape index (κ1) is 19.8. The molecule has 7 nitrogen and oxygen atoms in total. The maximum Gasteiger partial charge on any atom is 0.255 e. The molecule has 2 heterocycles. The summed E-state index contributed by atoms with van der Waals surface area (Å²) in [7, 11) is 0. The van der Waals surface area contributed by atoms with Crippen LogP contribution < -0.4 is 10.6 Å². The third kappa shape index (κ3) is 4.22. The van der Waals surface area contributed by atoms with Crippen molar-refractivity contribution in [2.24, 2.45) is 0 Å². The molecular weight excluding hydrogens is 385 g/mol. The van der Waals surface area contributed by atoms with Crippen LogP contribution in [0.1, 0.15) is 42.4 Å². The maximum absolute atomic E-state index is 14.6. The van der Waals surface area contributed by atoms with E-state index in [1.165, 1.54) is 19.1 Å². The Balaban J connectivity index is 1.56. The summed E-state index contributed by atoms with van der Waals surface area (Å²) < 4.78 is 16.6. The number of benzene rings is 2. The van der Waals surface area contributed by atoms with Crippen LogP contribution in [0, 0.1) is 5.82 Å². The largest absolute Gasteiger partial charge is 0.326 e. The number of fused-ring (bicyclic) bond motifs is 1. The molecule has 0 aliphatic carbocycles. The van der Waals surface area contributed by atoms with Crippen LogP contribution in [-0.2, 0) is 17.8 Å². The fourth-order valence-corrected chi connectivity index (χ4v) is 3.57. The zero-order chi connectivity index (χ0) is 21.1. The average Bonchev–Trinajstić information content (AvgIpc) is 2.97. The van der Waals surface area contributed by atoms with Crippen molar-refractivity contribution in [2.75, 3.05) is 10.6 Å². The molecule has 0 saturated carbocycles. The van der Waals surface area contributed by atoms with E-state index in [0.29, 0.717) is 28.3 Å². The van der Waals surface area contributed by atoms with Crippen molar-refractivity contribution >= 4 is 23.2 Å². The van der Waals surface area contributed by atoms with Crippen LogP contribution in [-0.4, -0.2) is 26.6 Å².